The van der Waals surface area contributed by atoms with Gasteiger partial charge in [0.1, 0.15) is 10.7 Å². The van der Waals surface area contributed by atoms with Crippen molar-refractivity contribution in [3.63, 3.8) is 0 Å². The molecule has 1 heterocycles. The molecule has 3 rings (SSSR count). The molecule has 0 bridgehead atoms. The first kappa shape index (κ1) is 27.6. The van der Waals surface area contributed by atoms with E-state index in [1.807, 2.05) is 24.3 Å². The summed E-state index contributed by atoms with van der Waals surface area (Å²) < 4.78 is 26.9. The monoisotopic (exact) mass is 534 g/mol. The van der Waals surface area contributed by atoms with Gasteiger partial charge >= 0.3 is 6.09 Å². The van der Waals surface area contributed by atoms with Crippen molar-refractivity contribution in [2.75, 3.05) is 33.7 Å². The Bertz CT molecular complexity index is 1250. The number of hydrogen-bond acceptors (Lipinski definition) is 5. The summed E-state index contributed by atoms with van der Waals surface area (Å²) in [4.78, 5) is 31.1. The molecule has 0 fully saturated rings. The van der Waals surface area contributed by atoms with Gasteiger partial charge in [0, 0.05) is 39.2 Å². The number of aliphatic imine (C=N–C) groups is 1. The number of nitrogens with zero attached hydrogens (tertiary/aromatic N) is 4. The highest BCUT2D eigenvalue weighted by Crippen LogP contribution is 2.27. The average molecular weight is 535 g/mol. The number of benzene rings is 2. The molecule has 9 nitrogen and oxygen atoms in total. The van der Waals surface area contributed by atoms with Crippen LogP contribution in [0.25, 0.3) is 0 Å². The van der Waals surface area contributed by atoms with Crippen LogP contribution in [0.15, 0.2) is 52.4 Å². The third-order valence-electron chi connectivity index (χ3n) is 6.09. The number of unbranched alkanes of at least 4 members (excludes halogenated alkanes) is 1. The predicted molar refractivity (Wildman–Crippen MR) is 139 cm³/mol. The number of sulfonamides is 1. The average Bonchev–Trinajstić information content (AvgIpc) is 3.34. The van der Waals surface area contributed by atoms with E-state index in [2.05, 4.69) is 4.99 Å². The minimum atomic E-state index is -3.71. The summed E-state index contributed by atoms with van der Waals surface area (Å²) in [6.45, 7) is 3.25. The van der Waals surface area contributed by atoms with Crippen LogP contribution in [-0.4, -0.2) is 79.2 Å². The zero-order chi connectivity index (χ0) is 26.5. The number of carbonyl (C=O) groups excluding carboxylic acids is 1. The molecule has 1 N–H and O–H groups in total. The molecule has 0 atom stereocenters. The first-order chi connectivity index (χ1) is 17.0. The lowest BCUT2D eigenvalue weighted by atomic mass is 10.1. The van der Waals surface area contributed by atoms with Gasteiger partial charge < -0.3 is 10.0 Å². The fourth-order valence-corrected chi connectivity index (χ4v) is 5.67. The maximum absolute atomic E-state index is 12.8. The fourth-order valence-electron chi connectivity index (χ4n) is 3.91. The number of aryl methyl sites for hydroxylation is 1. The second-order valence-corrected chi connectivity index (χ2v) is 11.1. The van der Waals surface area contributed by atoms with Crippen molar-refractivity contribution in [1.82, 2.24) is 14.1 Å². The Hall–Kier alpha value is -2.95. The van der Waals surface area contributed by atoms with Gasteiger partial charge in [0.2, 0.25) is 15.9 Å². The Labute approximate surface area is 217 Å². The van der Waals surface area contributed by atoms with Crippen molar-refractivity contribution in [2.24, 2.45) is 4.99 Å². The minimum absolute atomic E-state index is 0.0384. The van der Waals surface area contributed by atoms with Crippen molar-refractivity contribution in [3.8, 4) is 0 Å². The molecule has 2 aromatic carbocycles. The van der Waals surface area contributed by atoms with E-state index in [4.69, 9.17) is 11.6 Å². The fraction of sp³-hybridized carbons (Fsp3) is 0.400. The molecule has 11 heteroatoms. The van der Waals surface area contributed by atoms with E-state index in [9.17, 15) is 23.1 Å². The van der Waals surface area contributed by atoms with Crippen molar-refractivity contribution < 1.29 is 23.1 Å². The van der Waals surface area contributed by atoms with Crippen molar-refractivity contribution in [1.29, 1.82) is 0 Å². The Morgan fingerprint density at radius 2 is 1.81 bits per heavy atom. The zero-order valence-electron chi connectivity index (χ0n) is 20.6. The molecule has 2 amide bonds. The number of carboxylic acid groups (broad SMARTS) is 1. The summed E-state index contributed by atoms with van der Waals surface area (Å²) in [6.07, 6.45) is 0.366. The van der Waals surface area contributed by atoms with E-state index in [1.165, 1.54) is 22.3 Å². The van der Waals surface area contributed by atoms with E-state index >= 15 is 0 Å². The zero-order valence-corrected chi connectivity index (χ0v) is 22.2. The van der Waals surface area contributed by atoms with Crippen LogP contribution in [0.4, 0.5) is 4.79 Å². The lowest BCUT2D eigenvalue weighted by Gasteiger charge is -2.20. The molecule has 1 aliphatic heterocycles. The van der Waals surface area contributed by atoms with Gasteiger partial charge in [-0.3, -0.25) is 14.7 Å². The Morgan fingerprint density at radius 3 is 2.47 bits per heavy atom. The second-order valence-electron chi connectivity index (χ2n) is 8.76. The largest absolute Gasteiger partial charge is 0.465 e. The number of amides is 2. The van der Waals surface area contributed by atoms with Crippen LogP contribution < -0.4 is 0 Å². The van der Waals surface area contributed by atoms with Crippen molar-refractivity contribution >= 4 is 39.5 Å². The number of halogens is 1. The SMILES string of the molecule is Cc1cccc(S(=O)(=O)N(C)CCCCC(=O)N(C)Cc2ccc(C3=NCCN3C(=O)O)cc2)c1Cl. The van der Waals surface area contributed by atoms with Crippen LogP contribution in [0, 0.1) is 6.92 Å². The van der Waals surface area contributed by atoms with Crippen molar-refractivity contribution in [3.05, 3.63) is 64.2 Å². The normalized spacial score (nSPS) is 13.7. The highest BCUT2D eigenvalue weighted by Gasteiger charge is 2.25. The highest BCUT2D eigenvalue weighted by molar-refractivity contribution is 7.89. The minimum Gasteiger partial charge on any atom is -0.465 e. The lowest BCUT2D eigenvalue weighted by Crippen LogP contribution is -2.33. The quantitative estimate of drug-likeness (QED) is 0.466. The maximum atomic E-state index is 12.8. The second kappa shape index (κ2) is 11.9. The van der Waals surface area contributed by atoms with Gasteiger partial charge in [-0.1, -0.05) is 48.0 Å². The standard InChI is InChI=1S/C25H31ClN4O5S/c1-18-7-6-8-21(23(18)26)36(34,35)29(3)15-5-4-9-22(31)28(2)17-19-10-12-20(13-11-19)24-27-14-16-30(24)25(32)33/h6-8,10-13H,4-5,9,14-17H2,1-3H3,(H,32,33). The van der Waals surface area contributed by atoms with Gasteiger partial charge in [-0.2, -0.15) is 0 Å². The summed E-state index contributed by atoms with van der Waals surface area (Å²) in [5.74, 6) is 0.402. The Morgan fingerprint density at radius 1 is 1.11 bits per heavy atom. The molecule has 1 aliphatic rings. The van der Waals surface area contributed by atoms with Gasteiger partial charge in [0.05, 0.1) is 18.1 Å². The molecule has 0 aromatic heterocycles. The van der Waals surface area contributed by atoms with Crippen LogP contribution in [0.5, 0.6) is 0 Å². The van der Waals surface area contributed by atoms with E-state index in [0.29, 0.717) is 50.3 Å². The van der Waals surface area contributed by atoms with Crippen LogP contribution in [0.1, 0.15) is 36.0 Å². The molecule has 2 aromatic rings. The maximum Gasteiger partial charge on any atom is 0.413 e. The summed E-state index contributed by atoms with van der Waals surface area (Å²) >= 11 is 6.20. The molecule has 0 radical (unpaired) electrons. The van der Waals surface area contributed by atoms with E-state index in [0.717, 1.165) is 11.1 Å². The summed E-state index contributed by atoms with van der Waals surface area (Å²) in [5.41, 5.74) is 2.33. The predicted octanol–water partition coefficient (Wildman–Crippen LogP) is 3.84. The summed E-state index contributed by atoms with van der Waals surface area (Å²) in [6, 6.07) is 12.3. The highest BCUT2D eigenvalue weighted by atomic mass is 35.5. The van der Waals surface area contributed by atoms with Gasteiger partial charge in [-0.15, -0.1) is 0 Å². The molecule has 0 unspecified atom stereocenters. The summed E-state index contributed by atoms with van der Waals surface area (Å²) in [5, 5.41) is 9.50. The van der Waals surface area contributed by atoms with Gasteiger partial charge in [-0.25, -0.2) is 17.5 Å². The number of hydrogen-bond donors (Lipinski definition) is 1. The number of rotatable bonds is 10. The van der Waals surface area contributed by atoms with Crippen molar-refractivity contribution in [2.45, 2.75) is 37.6 Å². The van der Waals surface area contributed by atoms with Crippen LogP contribution in [0.2, 0.25) is 5.02 Å². The lowest BCUT2D eigenvalue weighted by molar-refractivity contribution is -0.130. The summed E-state index contributed by atoms with van der Waals surface area (Å²) in [7, 11) is -0.472. The molecule has 0 saturated heterocycles. The molecular formula is C25H31ClN4O5S. The van der Waals surface area contributed by atoms with Crippen LogP contribution >= 0.6 is 11.6 Å². The van der Waals surface area contributed by atoms with E-state index in [1.54, 1.807) is 31.0 Å². The Balaban J connectivity index is 1.46. The third kappa shape index (κ3) is 6.43. The van der Waals surface area contributed by atoms with Crippen LogP contribution in [0.3, 0.4) is 0 Å². The van der Waals surface area contributed by atoms with E-state index < -0.39 is 16.1 Å². The smallest absolute Gasteiger partial charge is 0.413 e. The van der Waals surface area contributed by atoms with Crippen LogP contribution in [-0.2, 0) is 21.4 Å². The molecule has 0 spiro atoms. The number of amidine groups is 1. The molecule has 0 aliphatic carbocycles. The third-order valence-corrected chi connectivity index (χ3v) is 8.60. The number of carbonyl (C=O) groups is 2. The first-order valence-electron chi connectivity index (χ1n) is 11.6. The van der Waals surface area contributed by atoms with Gasteiger partial charge in [0.15, 0.2) is 0 Å². The molecule has 0 saturated carbocycles. The molecule has 194 valence electrons. The Kier molecular flexibility index (Phi) is 9.10. The molecule has 36 heavy (non-hydrogen) atoms. The van der Waals surface area contributed by atoms with Gasteiger partial charge in [0.25, 0.3) is 0 Å². The molecular weight excluding hydrogens is 504 g/mol. The van der Waals surface area contributed by atoms with E-state index in [-0.39, 0.29) is 22.4 Å². The first-order valence-corrected chi connectivity index (χ1v) is 13.4. The van der Waals surface area contributed by atoms with Gasteiger partial charge in [-0.05, 0) is 37.0 Å². The topological polar surface area (TPSA) is 111 Å².